The van der Waals surface area contributed by atoms with Gasteiger partial charge >= 0.3 is 0 Å². The van der Waals surface area contributed by atoms with Crippen molar-refractivity contribution in [3.8, 4) is 0 Å². The molecule has 1 aromatic heterocycles. The third kappa shape index (κ3) is 2.25. The first kappa shape index (κ1) is 11.1. The summed E-state index contributed by atoms with van der Waals surface area (Å²) in [5.74, 6) is 0. The van der Waals surface area contributed by atoms with Gasteiger partial charge in [-0.15, -0.1) is 11.3 Å². The van der Waals surface area contributed by atoms with Crippen LogP contribution in [0.3, 0.4) is 0 Å². The minimum absolute atomic E-state index is 0.173. The first-order valence-corrected chi connectivity index (χ1v) is 6.58. The normalized spacial score (nSPS) is 23.8. The highest BCUT2D eigenvalue weighted by molar-refractivity contribution is 7.10. The number of hydrogen-bond donors (Lipinski definition) is 1. The van der Waals surface area contributed by atoms with Crippen molar-refractivity contribution in [2.45, 2.75) is 38.8 Å². The van der Waals surface area contributed by atoms with Crippen molar-refractivity contribution < 1.29 is 5.11 Å². The summed E-state index contributed by atoms with van der Waals surface area (Å²) in [6, 6.07) is 2.70. The predicted molar refractivity (Wildman–Crippen MR) is 64.3 cm³/mol. The molecule has 2 atom stereocenters. The van der Waals surface area contributed by atoms with Crippen LogP contribution in [0.4, 0.5) is 0 Å². The maximum Gasteiger partial charge on any atom is 0.0664 e. The summed E-state index contributed by atoms with van der Waals surface area (Å²) in [6.07, 6.45) is 1.82. The smallest absolute Gasteiger partial charge is 0.0664 e. The van der Waals surface area contributed by atoms with E-state index in [2.05, 4.69) is 23.3 Å². The van der Waals surface area contributed by atoms with Gasteiger partial charge < -0.3 is 5.11 Å². The molecular weight excluding hydrogens is 206 g/mol. The molecule has 0 amide bonds. The molecule has 15 heavy (non-hydrogen) atoms. The second-order valence-corrected chi connectivity index (χ2v) is 5.28. The van der Waals surface area contributed by atoms with Gasteiger partial charge in [0.1, 0.15) is 0 Å². The molecule has 2 rings (SSSR count). The van der Waals surface area contributed by atoms with Gasteiger partial charge in [-0.1, -0.05) is 6.92 Å². The molecule has 1 N–H and O–H groups in total. The third-order valence-corrected chi connectivity index (χ3v) is 4.32. The highest BCUT2D eigenvalue weighted by atomic mass is 32.1. The van der Waals surface area contributed by atoms with Crippen molar-refractivity contribution in [2.24, 2.45) is 0 Å². The maximum absolute atomic E-state index is 9.69. The lowest BCUT2D eigenvalue weighted by atomic mass is 10.0. The number of fused-ring (bicyclic) bond motifs is 1. The number of aliphatic hydroxyl groups is 1. The third-order valence-electron chi connectivity index (χ3n) is 3.32. The Morgan fingerprint density at radius 2 is 2.47 bits per heavy atom. The van der Waals surface area contributed by atoms with Crippen LogP contribution in [0.1, 0.15) is 36.8 Å². The molecular formula is C12H19NOS. The molecule has 3 heteroatoms. The molecule has 1 aliphatic rings. The lowest BCUT2D eigenvalue weighted by Gasteiger charge is -2.34. The van der Waals surface area contributed by atoms with E-state index in [1.54, 1.807) is 0 Å². The summed E-state index contributed by atoms with van der Waals surface area (Å²) < 4.78 is 0. The second-order valence-electron chi connectivity index (χ2n) is 4.28. The van der Waals surface area contributed by atoms with Crippen LogP contribution in [-0.2, 0) is 6.42 Å². The van der Waals surface area contributed by atoms with Crippen LogP contribution in [-0.4, -0.2) is 29.2 Å². The van der Waals surface area contributed by atoms with Crippen LogP contribution in [0.5, 0.6) is 0 Å². The molecule has 0 saturated carbocycles. The van der Waals surface area contributed by atoms with Gasteiger partial charge in [0, 0.05) is 24.0 Å². The van der Waals surface area contributed by atoms with Crippen molar-refractivity contribution in [1.29, 1.82) is 0 Å². The van der Waals surface area contributed by atoms with Crippen molar-refractivity contribution in [2.75, 3.05) is 13.1 Å². The summed E-state index contributed by atoms with van der Waals surface area (Å²) in [4.78, 5) is 3.92. The molecule has 84 valence electrons. The zero-order valence-corrected chi connectivity index (χ0v) is 10.3. The highest BCUT2D eigenvalue weighted by Gasteiger charge is 2.25. The average molecular weight is 225 g/mol. The molecule has 0 aromatic carbocycles. The molecule has 0 saturated heterocycles. The molecule has 2 nitrogen and oxygen atoms in total. The molecule has 2 unspecified atom stereocenters. The van der Waals surface area contributed by atoms with E-state index >= 15 is 0 Å². The fraction of sp³-hybridized carbons (Fsp3) is 0.667. The van der Waals surface area contributed by atoms with Gasteiger partial charge in [0.15, 0.2) is 0 Å². The van der Waals surface area contributed by atoms with Crippen LogP contribution in [0, 0.1) is 0 Å². The topological polar surface area (TPSA) is 23.5 Å². The summed E-state index contributed by atoms with van der Waals surface area (Å²) >= 11 is 1.87. The van der Waals surface area contributed by atoms with Gasteiger partial charge in [-0.2, -0.15) is 0 Å². The van der Waals surface area contributed by atoms with E-state index in [-0.39, 0.29) is 6.10 Å². The Morgan fingerprint density at radius 3 is 3.20 bits per heavy atom. The predicted octanol–water partition coefficient (Wildman–Crippen LogP) is 2.44. The lowest BCUT2D eigenvalue weighted by molar-refractivity contribution is 0.0847. The molecule has 0 radical (unpaired) electrons. The Kier molecular flexibility index (Phi) is 3.44. The molecule has 2 heterocycles. The largest absolute Gasteiger partial charge is 0.392 e. The first-order valence-electron chi connectivity index (χ1n) is 5.70. The monoisotopic (exact) mass is 225 g/mol. The second kappa shape index (κ2) is 4.64. The maximum atomic E-state index is 9.69. The van der Waals surface area contributed by atoms with E-state index in [0.29, 0.717) is 6.04 Å². The van der Waals surface area contributed by atoms with Crippen LogP contribution in [0.15, 0.2) is 11.4 Å². The standard InChI is InChI=1S/C12H19NOS/c1-3-10(14)8-13-6-4-12-11(9(13)2)5-7-15-12/h5,7,9-10,14H,3-4,6,8H2,1-2H3. The molecule has 1 aromatic rings. The van der Waals surface area contributed by atoms with E-state index in [9.17, 15) is 5.11 Å². The quantitative estimate of drug-likeness (QED) is 0.854. The lowest BCUT2D eigenvalue weighted by Crippen LogP contribution is -2.38. The van der Waals surface area contributed by atoms with Gasteiger partial charge in [-0.25, -0.2) is 0 Å². The fourth-order valence-electron chi connectivity index (χ4n) is 2.21. The number of β-amino-alcohol motifs (C(OH)–C–C–N with tert-alkyl or cyclic N) is 1. The van der Waals surface area contributed by atoms with Gasteiger partial charge in [0.05, 0.1) is 6.10 Å². The number of thiophene rings is 1. The van der Waals surface area contributed by atoms with Gasteiger partial charge in [0.2, 0.25) is 0 Å². The van der Waals surface area contributed by atoms with Crippen molar-refractivity contribution in [3.63, 3.8) is 0 Å². The summed E-state index contributed by atoms with van der Waals surface area (Å²) in [5.41, 5.74) is 1.47. The van der Waals surface area contributed by atoms with Crippen molar-refractivity contribution in [1.82, 2.24) is 4.90 Å². The molecule has 0 aliphatic carbocycles. The zero-order valence-electron chi connectivity index (χ0n) is 9.44. The minimum Gasteiger partial charge on any atom is -0.392 e. The van der Waals surface area contributed by atoms with E-state index < -0.39 is 0 Å². The van der Waals surface area contributed by atoms with Crippen molar-refractivity contribution in [3.05, 3.63) is 21.9 Å². The summed E-state index contributed by atoms with van der Waals surface area (Å²) in [6.45, 7) is 6.18. The van der Waals surface area contributed by atoms with Crippen LogP contribution < -0.4 is 0 Å². The SMILES string of the molecule is CCC(O)CN1CCc2sccc2C1C. The molecule has 0 bridgehead atoms. The Balaban J connectivity index is 2.06. The minimum atomic E-state index is -0.173. The zero-order chi connectivity index (χ0) is 10.8. The average Bonchev–Trinajstić information content (AvgIpc) is 2.70. The Labute approximate surface area is 95.5 Å². The number of rotatable bonds is 3. The van der Waals surface area contributed by atoms with Crippen LogP contribution in [0.25, 0.3) is 0 Å². The van der Waals surface area contributed by atoms with Crippen LogP contribution >= 0.6 is 11.3 Å². The van der Waals surface area contributed by atoms with E-state index in [0.717, 1.165) is 25.9 Å². The number of aliphatic hydroxyl groups excluding tert-OH is 1. The van der Waals surface area contributed by atoms with Gasteiger partial charge in [0.25, 0.3) is 0 Å². The van der Waals surface area contributed by atoms with E-state index in [1.165, 1.54) is 10.4 Å². The van der Waals surface area contributed by atoms with Gasteiger partial charge in [-0.3, -0.25) is 4.90 Å². The van der Waals surface area contributed by atoms with Crippen LogP contribution in [0.2, 0.25) is 0 Å². The number of hydrogen-bond acceptors (Lipinski definition) is 3. The summed E-state index contributed by atoms with van der Waals surface area (Å²) in [7, 11) is 0. The number of nitrogens with zero attached hydrogens (tertiary/aromatic N) is 1. The summed E-state index contributed by atoms with van der Waals surface area (Å²) in [5, 5.41) is 11.9. The van der Waals surface area contributed by atoms with E-state index in [4.69, 9.17) is 0 Å². The Morgan fingerprint density at radius 1 is 1.67 bits per heavy atom. The first-order chi connectivity index (χ1) is 7.22. The fourth-order valence-corrected chi connectivity index (χ4v) is 3.17. The Hall–Kier alpha value is -0.380. The molecule has 0 spiro atoms. The van der Waals surface area contributed by atoms with Crippen molar-refractivity contribution >= 4 is 11.3 Å². The van der Waals surface area contributed by atoms with Gasteiger partial charge in [-0.05, 0) is 36.8 Å². The Bertz CT molecular complexity index is 323. The molecule has 1 aliphatic heterocycles. The molecule has 0 fully saturated rings. The highest BCUT2D eigenvalue weighted by Crippen LogP contribution is 2.32. The van der Waals surface area contributed by atoms with E-state index in [1.807, 2.05) is 18.3 Å².